The Morgan fingerprint density at radius 1 is 1.46 bits per heavy atom. The number of aliphatic hydroxyl groups excluding tert-OH is 1. The van der Waals surface area contributed by atoms with E-state index in [1.165, 1.54) is 0 Å². The van der Waals surface area contributed by atoms with Gasteiger partial charge in [-0.1, -0.05) is 23.7 Å². The smallest absolute Gasteiger partial charge is 0.194 e. The minimum absolute atomic E-state index is 0. The largest absolute Gasteiger partial charge is 0.393 e. The summed E-state index contributed by atoms with van der Waals surface area (Å²) in [7, 11) is 1.69. The van der Waals surface area contributed by atoms with Gasteiger partial charge in [-0.2, -0.15) is 0 Å². The Balaban J connectivity index is 0.00000288. The fraction of sp³-hybridized carbons (Fsp3) is 0.588. The molecule has 1 aromatic rings. The molecule has 1 fully saturated rings. The Morgan fingerprint density at radius 2 is 2.17 bits per heavy atom. The number of aliphatic imine (C=N–C) groups is 1. The van der Waals surface area contributed by atoms with Gasteiger partial charge in [-0.3, -0.25) is 4.99 Å². The van der Waals surface area contributed by atoms with E-state index in [9.17, 15) is 5.11 Å². The molecule has 1 atom stereocenters. The Hall–Kier alpha value is -0.570. The van der Waals surface area contributed by atoms with Crippen molar-refractivity contribution in [1.82, 2.24) is 10.2 Å². The lowest BCUT2D eigenvalue weighted by molar-refractivity contribution is 0.104. The maximum Gasteiger partial charge on any atom is 0.194 e. The number of benzene rings is 1. The maximum atomic E-state index is 9.65. The van der Waals surface area contributed by atoms with E-state index in [0.29, 0.717) is 11.6 Å². The average Bonchev–Trinajstić information content (AvgIpc) is 2.55. The molecule has 1 aromatic carbocycles. The van der Waals surface area contributed by atoms with Crippen LogP contribution in [-0.2, 0) is 4.74 Å². The van der Waals surface area contributed by atoms with Gasteiger partial charge in [0.1, 0.15) is 6.10 Å². The summed E-state index contributed by atoms with van der Waals surface area (Å²) in [5.41, 5.74) is 1.02. The Bertz CT molecular complexity index is 522. The zero-order valence-corrected chi connectivity index (χ0v) is 17.3. The molecule has 1 aliphatic heterocycles. The topological polar surface area (TPSA) is 57.1 Å². The van der Waals surface area contributed by atoms with Gasteiger partial charge in [-0.05, 0) is 37.5 Å². The van der Waals surface area contributed by atoms with Crippen LogP contribution < -0.4 is 5.32 Å². The van der Waals surface area contributed by atoms with Crippen LogP contribution in [0.25, 0.3) is 0 Å². The van der Waals surface area contributed by atoms with Crippen LogP contribution in [0.1, 0.15) is 31.4 Å². The van der Waals surface area contributed by atoms with E-state index in [1.54, 1.807) is 7.11 Å². The van der Waals surface area contributed by atoms with Gasteiger partial charge in [0, 0.05) is 31.8 Å². The minimum Gasteiger partial charge on any atom is -0.393 e. The second kappa shape index (κ2) is 11.1. The molecule has 2 rings (SSSR count). The minimum atomic E-state index is -0.188. The number of nitrogens with one attached hydrogen (secondary N) is 1. The summed E-state index contributed by atoms with van der Waals surface area (Å²) in [4.78, 5) is 6.92. The average molecular weight is 468 g/mol. The lowest BCUT2D eigenvalue weighted by Gasteiger charge is -2.32. The third kappa shape index (κ3) is 6.38. The molecule has 0 amide bonds. The van der Waals surface area contributed by atoms with E-state index in [-0.39, 0.29) is 36.2 Å². The number of hydrogen-bond acceptors (Lipinski definition) is 3. The summed E-state index contributed by atoms with van der Waals surface area (Å²) in [6.45, 7) is 5.04. The fourth-order valence-corrected chi connectivity index (χ4v) is 2.89. The molecule has 136 valence electrons. The zero-order valence-electron chi connectivity index (χ0n) is 14.2. The molecule has 1 saturated heterocycles. The lowest BCUT2D eigenvalue weighted by atomic mass is 10.1. The van der Waals surface area contributed by atoms with Gasteiger partial charge < -0.3 is 20.1 Å². The third-order valence-corrected chi connectivity index (χ3v) is 4.25. The summed E-state index contributed by atoms with van der Waals surface area (Å²) in [5, 5.41) is 13.7. The van der Waals surface area contributed by atoms with Crippen LogP contribution in [0, 0.1) is 0 Å². The van der Waals surface area contributed by atoms with Crippen LogP contribution in [0.4, 0.5) is 0 Å². The van der Waals surface area contributed by atoms with Crippen molar-refractivity contribution in [3.63, 3.8) is 0 Å². The molecule has 0 bridgehead atoms. The van der Waals surface area contributed by atoms with Crippen molar-refractivity contribution in [2.45, 2.75) is 32.0 Å². The number of guanidine groups is 1. The van der Waals surface area contributed by atoms with E-state index in [0.717, 1.165) is 44.0 Å². The number of likely N-dealkylation sites (tertiary alicyclic amines) is 1. The Kier molecular flexibility index (Phi) is 9.95. The van der Waals surface area contributed by atoms with Crippen LogP contribution in [0.2, 0.25) is 5.02 Å². The number of piperidine rings is 1. The highest BCUT2D eigenvalue weighted by atomic mass is 127. The van der Waals surface area contributed by atoms with Gasteiger partial charge in [0.05, 0.1) is 12.6 Å². The number of ether oxygens (including phenoxy) is 1. The first-order valence-corrected chi connectivity index (χ1v) is 8.51. The van der Waals surface area contributed by atoms with Gasteiger partial charge in [-0.25, -0.2) is 0 Å². The van der Waals surface area contributed by atoms with Gasteiger partial charge in [0.15, 0.2) is 5.96 Å². The molecule has 2 N–H and O–H groups in total. The third-order valence-electron chi connectivity index (χ3n) is 4.01. The van der Waals surface area contributed by atoms with Gasteiger partial charge in [-0.15, -0.1) is 24.0 Å². The maximum absolute atomic E-state index is 9.65. The monoisotopic (exact) mass is 467 g/mol. The van der Waals surface area contributed by atoms with E-state index in [4.69, 9.17) is 21.3 Å². The van der Waals surface area contributed by atoms with Crippen molar-refractivity contribution in [3.8, 4) is 0 Å². The van der Waals surface area contributed by atoms with Crippen LogP contribution in [0.3, 0.4) is 0 Å². The molecule has 0 aromatic heterocycles. The van der Waals surface area contributed by atoms with Gasteiger partial charge in [0.25, 0.3) is 0 Å². The number of nitrogens with zero attached hydrogens (tertiary/aromatic N) is 2. The van der Waals surface area contributed by atoms with Gasteiger partial charge in [0.2, 0.25) is 0 Å². The summed E-state index contributed by atoms with van der Waals surface area (Å²) in [6.07, 6.45) is 1.25. The quantitative estimate of drug-likeness (QED) is 0.397. The van der Waals surface area contributed by atoms with E-state index in [2.05, 4.69) is 17.1 Å². The second-order valence-electron chi connectivity index (χ2n) is 5.69. The molecule has 1 unspecified atom stereocenters. The van der Waals surface area contributed by atoms with Crippen molar-refractivity contribution < 1.29 is 9.84 Å². The number of aliphatic hydroxyl groups is 1. The molecule has 7 heteroatoms. The Morgan fingerprint density at radius 3 is 2.75 bits per heavy atom. The summed E-state index contributed by atoms with van der Waals surface area (Å²) < 4.78 is 5.57. The predicted octanol–water partition coefficient (Wildman–Crippen LogP) is 3.07. The molecular weight excluding hydrogens is 441 g/mol. The van der Waals surface area contributed by atoms with Gasteiger partial charge >= 0.3 is 0 Å². The first-order chi connectivity index (χ1) is 11.1. The fourth-order valence-electron chi connectivity index (χ4n) is 2.70. The van der Waals surface area contributed by atoms with Crippen molar-refractivity contribution in [1.29, 1.82) is 0 Å². The molecule has 0 saturated carbocycles. The van der Waals surface area contributed by atoms with E-state index < -0.39 is 0 Å². The number of rotatable bonds is 5. The standard InChI is InChI=1S/C17H26ClN3O2.HI/c1-3-19-17(21-9-7-15(22)8-10-21)20-12-16(23-2)13-5-4-6-14(18)11-13;/h4-6,11,15-16,22H,3,7-10,12H2,1-2H3,(H,19,20);1H. The van der Waals surface area contributed by atoms with Crippen LogP contribution in [0.5, 0.6) is 0 Å². The number of methoxy groups -OCH3 is 1. The van der Waals surface area contributed by atoms with Crippen molar-refractivity contribution in [2.75, 3.05) is 33.3 Å². The second-order valence-corrected chi connectivity index (χ2v) is 6.13. The molecule has 1 aliphatic rings. The number of halogens is 2. The lowest BCUT2D eigenvalue weighted by Crippen LogP contribution is -2.46. The molecular formula is C17H27ClIN3O2. The van der Waals surface area contributed by atoms with Crippen LogP contribution in [-0.4, -0.2) is 55.4 Å². The molecule has 0 spiro atoms. The first kappa shape index (κ1) is 21.5. The van der Waals surface area contributed by atoms with Crippen molar-refractivity contribution >= 4 is 41.5 Å². The predicted molar refractivity (Wildman–Crippen MR) is 109 cm³/mol. The highest BCUT2D eigenvalue weighted by molar-refractivity contribution is 14.0. The molecule has 24 heavy (non-hydrogen) atoms. The summed E-state index contributed by atoms with van der Waals surface area (Å²) in [6, 6.07) is 7.68. The van der Waals surface area contributed by atoms with Crippen molar-refractivity contribution in [2.24, 2.45) is 4.99 Å². The normalized spacial score (nSPS) is 17.3. The first-order valence-electron chi connectivity index (χ1n) is 8.13. The van der Waals surface area contributed by atoms with E-state index >= 15 is 0 Å². The summed E-state index contributed by atoms with van der Waals surface area (Å²) >= 11 is 6.06. The van der Waals surface area contributed by atoms with Crippen LogP contribution >= 0.6 is 35.6 Å². The SMILES string of the molecule is CCNC(=NCC(OC)c1cccc(Cl)c1)N1CCC(O)CC1.I. The molecule has 0 aliphatic carbocycles. The molecule has 0 radical (unpaired) electrons. The molecule has 5 nitrogen and oxygen atoms in total. The zero-order chi connectivity index (χ0) is 16.7. The van der Waals surface area contributed by atoms with E-state index in [1.807, 2.05) is 24.3 Å². The summed E-state index contributed by atoms with van der Waals surface area (Å²) in [5.74, 6) is 0.878. The Labute approximate surface area is 166 Å². The number of hydrogen-bond donors (Lipinski definition) is 2. The highest BCUT2D eigenvalue weighted by Crippen LogP contribution is 2.21. The van der Waals surface area contributed by atoms with Crippen molar-refractivity contribution in [3.05, 3.63) is 34.9 Å². The van der Waals surface area contributed by atoms with Crippen LogP contribution in [0.15, 0.2) is 29.3 Å². The highest BCUT2D eigenvalue weighted by Gasteiger charge is 2.20. The molecule has 1 heterocycles.